The third-order valence-corrected chi connectivity index (χ3v) is 2.88. The van der Waals surface area contributed by atoms with Gasteiger partial charge in [0.05, 0.1) is 0 Å². The molecule has 2 aliphatic rings. The Bertz CT molecular complexity index is 289. The van der Waals surface area contributed by atoms with E-state index in [4.69, 9.17) is 4.74 Å². The summed E-state index contributed by atoms with van der Waals surface area (Å²) >= 11 is 2.12. The van der Waals surface area contributed by atoms with E-state index in [1.165, 1.54) is 6.42 Å². The molecule has 0 N–H and O–H groups in total. The summed E-state index contributed by atoms with van der Waals surface area (Å²) in [6.07, 6.45) is 4.23. The van der Waals surface area contributed by atoms with Gasteiger partial charge in [-0.05, 0) is 48.3 Å². The molecule has 0 radical (unpaired) electrons. The van der Waals surface area contributed by atoms with Crippen LogP contribution in [0.25, 0.3) is 0 Å². The van der Waals surface area contributed by atoms with Gasteiger partial charge in [0.2, 0.25) is 0 Å². The predicted molar refractivity (Wildman–Crippen MR) is 53.7 cm³/mol. The standard InChI is InChI=1S/C9H9IO2/c10-5-8-6-3-1-2-4-7(6)9(11)12-8/h5H,1-4H2. The molecule has 2 nitrogen and oxygen atoms in total. The van der Waals surface area contributed by atoms with Gasteiger partial charge in [-0.25, -0.2) is 4.79 Å². The molecule has 0 atom stereocenters. The number of cyclic esters (lactones) is 1. The number of allylic oxidation sites excluding steroid dienone is 1. The third-order valence-electron chi connectivity index (χ3n) is 2.31. The molecule has 1 aliphatic heterocycles. The third kappa shape index (κ3) is 1.20. The molecule has 1 heterocycles. The summed E-state index contributed by atoms with van der Waals surface area (Å²) in [6, 6.07) is 0. The van der Waals surface area contributed by atoms with Gasteiger partial charge in [0.1, 0.15) is 5.76 Å². The van der Waals surface area contributed by atoms with Crippen molar-refractivity contribution in [1.29, 1.82) is 0 Å². The van der Waals surface area contributed by atoms with E-state index in [1.54, 1.807) is 0 Å². The first-order valence-corrected chi connectivity index (χ1v) is 5.32. The van der Waals surface area contributed by atoms with E-state index in [9.17, 15) is 4.79 Å². The van der Waals surface area contributed by atoms with E-state index in [2.05, 4.69) is 22.6 Å². The lowest BCUT2D eigenvalue weighted by atomic mass is 9.93. The van der Waals surface area contributed by atoms with Crippen LogP contribution in [0.4, 0.5) is 0 Å². The fourth-order valence-electron chi connectivity index (χ4n) is 1.71. The minimum Gasteiger partial charge on any atom is -0.422 e. The summed E-state index contributed by atoms with van der Waals surface area (Å²) in [7, 11) is 0. The predicted octanol–water partition coefficient (Wildman–Crippen LogP) is 2.69. The van der Waals surface area contributed by atoms with Gasteiger partial charge in [0, 0.05) is 15.2 Å². The normalized spacial score (nSPS) is 26.1. The largest absolute Gasteiger partial charge is 0.422 e. The van der Waals surface area contributed by atoms with E-state index < -0.39 is 0 Å². The minimum atomic E-state index is -0.118. The van der Waals surface area contributed by atoms with E-state index in [0.29, 0.717) is 0 Å². The Balaban J connectivity index is 2.40. The van der Waals surface area contributed by atoms with Crippen molar-refractivity contribution in [3.63, 3.8) is 0 Å². The second-order valence-corrected chi connectivity index (χ2v) is 3.65. The Morgan fingerprint density at radius 1 is 1.25 bits per heavy atom. The quantitative estimate of drug-likeness (QED) is 0.502. The summed E-state index contributed by atoms with van der Waals surface area (Å²) in [5, 5.41) is 0. The maximum atomic E-state index is 11.3. The van der Waals surface area contributed by atoms with Gasteiger partial charge in [0.15, 0.2) is 0 Å². The number of ether oxygens (including phenoxy) is 1. The highest BCUT2D eigenvalue weighted by Gasteiger charge is 2.30. The van der Waals surface area contributed by atoms with Crippen LogP contribution in [-0.4, -0.2) is 5.97 Å². The van der Waals surface area contributed by atoms with E-state index in [1.807, 2.05) is 4.08 Å². The monoisotopic (exact) mass is 276 g/mol. The molecule has 0 unspecified atom stereocenters. The fraction of sp³-hybridized carbons (Fsp3) is 0.444. The molecule has 1 aliphatic carbocycles. The molecular formula is C9H9IO2. The zero-order valence-electron chi connectivity index (χ0n) is 6.60. The van der Waals surface area contributed by atoms with Crippen LogP contribution in [0.1, 0.15) is 25.7 Å². The second-order valence-electron chi connectivity index (χ2n) is 3.03. The van der Waals surface area contributed by atoms with Crippen LogP contribution in [0, 0.1) is 0 Å². The smallest absolute Gasteiger partial charge is 0.339 e. The van der Waals surface area contributed by atoms with E-state index >= 15 is 0 Å². The summed E-state index contributed by atoms with van der Waals surface area (Å²) < 4.78 is 6.95. The molecule has 3 heteroatoms. The fourth-order valence-corrected chi connectivity index (χ4v) is 2.22. The molecular weight excluding hydrogens is 267 g/mol. The van der Waals surface area contributed by atoms with Crippen molar-refractivity contribution in [2.45, 2.75) is 25.7 Å². The molecule has 0 aromatic carbocycles. The molecule has 64 valence electrons. The second kappa shape index (κ2) is 3.20. The summed E-state index contributed by atoms with van der Waals surface area (Å²) in [5.41, 5.74) is 2.07. The van der Waals surface area contributed by atoms with Crippen molar-refractivity contribution in [1.82, 2.24) is 0 Å². The highest BCUT2D eigenvalue weighted by atomic mass is 127. The number of esters is 1. The average Bonchev–Trinajstić information content (AvgIpc) is 2.44. The Labute approximate surface area is 84.8 Å². The molecule has 0 amide bonds. The molecule has 0 spiro atoms. The molecule has 2 rings (SSSR count). The molecule has 0 aromatic rings. The SMILES string of the molecule is O=C1OC(=CI)C2=C1CCCC2. The molecule has 0 aromatic heterocycles. The first kappa shape index (κ1) is 8.29. The number of carbonyl (C=O) groups is 1. The Hall–Kier alpha value is -0.320. The molecule has 0 bridgehead atoms. The Morgan fingerprint density at radius 3 is 2.58 bits per heavy atom. The number of rotatable bonds is 0. The lowest BCUT2D eigenvalue weighted by Crippen LogP contribution is -2.01. The van der Waals surface area contributed by atoms with Crippen LogP contribution in [-0.2, 0) is 9.53 Å². The van der Waals surface area contributed by atoms with Gasteiger partial charge >= 0.3 is 5.97 Å². The molecule has 0 saturated heterocycles. The molecule has 12 heavy (non-hydrogen) atoms. The van der Waals surface area contributed by atoms with Crippen LogP contribution in [0.2, 0.25) is 0 Å². The first-order valence-electron chi connectivity index (χ1n) is 4.08. The summed E-state index contributed by atoms with van der Waals surface area (Å²) in [4.78, 5) is 11.3. The van der Waals surface area contributed by atoms with E-state index in [-0.39, 0.29) is 5.97 Å². The van der Waals surface area contributed by atoms with Crippen molar-refractivity contribution in [3.05, 3.63) is 21.0 Å². The first-order chi connectivity index (χ1) is 5.83. The van der Waals surface area contributed by atoms with Gasteiger partial charge in [0.25, 0.3) is 0 Å². The number of hydrogen-bond acceptors (Lipinski definition) is 2. The van der Waals surface area contributed by atoms with Crippen LogP contribution in [0.5, 0.6) is 0 Å². The zero-order chi connectivity index (χ0) is 8.55. The number of hydrogen-bond donors (Lipinski definition) is 0. The van der Waals surface area contributed by atoms with E-state index in [0.717, 1.165) is 36.2 Å². The van der Waals surface area contributed by atoms with Gasteiger partial charge in [-0.2, -0.15) is 0 Å². The van der Waals surface area contributed by atoms with Crippen molar-refractivity contribution in [2.24, 2.45) is 0 Å². The van der Waals surface area contributed by atoms with Crippen molar-refractivity contribution in [3.8, 4) is 0 Å². The lowest BCUT2D eigenvalue weighted by Gasteiger charge is -2.09. The Morgan fingerprint density at radius 2 is 1.92 bits per heavy atom. The highest BCUT2D eigenvalue weighted by molar-refractivity contribution is 14.1. The van der Waals surface area contributed by atoms with Crippen molar-refractivity contribution in [2.75, 3.05) is 0 Å². The highest BCUT2D eigenvalue weighted by Crippen LogP contribution is 2.37. The van der Waals surface area contributed by atoms with Gasteiger partial charge in [-0.1, -0.05) is 0 Å². The number of halogens is 1. The van der Waals surface area contributed by atoms with Gasteiger partial charge < -0.3 is 4.74 Å². The van der Waals surface area contributed by atoms with Crippen LogP contribution >= 0.6 is 22.6 Å². The number of carbonyl (C=O) groups excluding carboxylic acids is 1. The molecule has 0 fully saturated rings. The summed E-state index contributed by atoms with van der Waals surface area (Å²) in [5.74, 6) is 0.669. The van der Waals surface area contributed by atoms with Crippen LogP contribution < -0.4 is 0 Å². The maximum Gasteiger partial charge on any atom is 0.339 e. The van der Waals surface area contributed by atoms with Crippen LogP contribution in [0.3, 0.4) is 0 Å². The van der Waals surface area contributed by atoms with Crippen molar-refractivity contribution >= 4 is 28.6 Å². The van der Waals surface area contributed by atoms with Crippen LogP contribution in [0.15, 0.2) is 21.0 Å². The zero-order valence-corrected chi connectivity index (χ0v) is 8.76. The maximum absolute atomic E-state index is 11.3. The van der Waals surface area contributed by atoms with Gasteiger partial charge in [-0.15, -0.1) is 0 Å². The minimum absolute atomic E-state index is 0.118. The lowest BCUT2D eigenvalue weighted by molar-refractivity contribution is -0.133. The van der Waals surface area contributed by atoms with Gasteiger partial charge in [-0.3, -0.25) is 0 Å². The topological polar surface area (TPSA) is 26.3 Å². The Kier molecular flexibility index (Phi) is 2.21. The van der Waals surface area contributed by atoms with Crippen molar-refractivity contribution < 1.29 is 9.53 Å². The summed E-state index contributed by atoms with van der Waals surface area (Å²) in [6.45, 7) is 0. The average molecular weight is 276 g/mol. The molecule has 0 saturated carbocycles.